The summed E-state index contributed by atoms with van der Waals surface area (Å²) in [5.41, 5.74) is -2.92. The van der Waals surface area contributed by atoms with Crippen LogP contribution in [0.3, 0.4) is 0 Å². The zero-order chi connectivity index (χ0) is 43.1. The summed E-state index contributed by atoms with van der Waals surface area (Å²) < 4.78 is 113. The maximum Gasteiger partial charge on any atom is 1.00 e. The van der Waals surface area contributed by atoms with Crippen LogP contribution in [-0.2, 0) is 24.6 Å². The molecule has 29 heteroatoms. The van der Waals surface area contributed by atoms with Crippen molar-refractivity contribution in [1.29, 1.82) is 5.26 Å². The number of ether oxygens (including phenoxy) is 4. The third-order valence-electron chi connectivity index (χ3n) is 4.85. The summed E-state index contributed by atoms with van der Waals surface area (Å²) in [6.07, 6.45) is 0. The molecule has 0 radical (unpaired) electrons. The number of halogens is 5. The van der Waals surface area contributed by atoms with Gasteiger partial charge in [0.25, 0.3) is 5.09 Å². The zero-order valence-electron chi connectivity index (χ0n) is 28.1. The summed E-state index contributed by atoms with van der Waals surface area (Å²) in [6, 6.07) is 4.98. The van der Waals surface area contributed by atoms with E-state index in [1.54, 1.807) is 0 Å². The SMILES string of the molecule is C.COC(=O)c1cc([N+](=O)[O-])c(F)cc1F.COC(=O)c1cc([N+](=O)[O-])c(OC)cc1F.COC(=O)c1ccc(F)cc1F.O=S(=O)(O)O.O=[N+]([O-])O.[C-]#N.[K+]. The van der Waals surface area contributed by atoms with Gasteiger partial charge in [0, 0.05) is 30.3 Å². The van der Waals surface area contributed by atoms with Crippen LogP contribution >= 0.6 is 0 Å². The maximum absolute atomic E-state index is 13.3. The van der Waals surface area contributed by atoms with Crippen LogP contribution in [0.2, 0.25) is 0 Å². The van der Waals surface area contributed by atoms with Crippen molar-refractivity contribution >= 4 is 39.7 Å². The molecule has 0 aliphatic carbocycles. The average Bonchev–Trinajstić information content (AvgIpc) is 3.07. The molecule has 0 aliphatic rings. The molecule has 0 heterocycles. The largest absolute Gasteiger partial charge is 1.00 e. The van der Waals surface area contributed by atoms with E-state index in [0.717, 1.165) is 45.6 Å². The number of hydrogen-bond acceptors (Lipinski definition) is 16. The van der Waals surface area contributed by atoms with Crippen molar-refractivity contribution in [3.8, 4) is 5.75 Å². The van der Waals surface area contributed by atoms with Crippen molar-refractivity contribution in [1.82, 2.24) is 0 Å². The third-order valence-corrected chi connectivity index (χ3v) is 4.85. The second-order valence-corrected chi connectivity index (χ2v) is 8.98. The van der Waals surface area contributed by atoms with Crippen molar-refractivity contribution in [2.75, 3.05) is 28.4 Å². The number of nitro benzene ring substituents is 2. The number of carbonyl (C=O) groups is 3. The summed E-state index contributed by atoms with van der Waals surface area (Å²) in [6.45, 7) is 4.75. The topological polar surface area (TPSA) is 336 Å². The molecule has 0 aromatic heterocycles. The Balaban J connectivity index is -0.000000203. The molecule has 0 saturated heterocycles. The van der Waals surface area contributed by atoms with Crippen LogP contribution in [0.25, 0.3) is 0 Å². The second kappa shape index (κ2) is 29.8. The first kappa shape index (κ1) is 59.8. The Labute approximate surface area is 353 Å². The van der Waals surface area contributed by atoms with Crippen molar-refractivity contribution < 1.29 is 144 Å². The van der Waals surface area contributed by atoms with Crippen LogP contribution in [0, 0.1) is 71.3 Å². The minimum Gasteiger partial charge on any atom is -0.512 e. The standard InChI is InChI=1S/C9H8FNO5.C8H5F2NO4.C8H6F2O2.CN.CH4.K.HNO3.H2O4S/c1-15-8-4-6(10)5(9(12)16-2)3-7(8)11(13)14;1-15-8(12)4-2-7(11(13)14)6(10)3-5(4)9;1-12-8(11)6-3-2-5(9)4-7(6)10;1-2;;;2-1(3)4;1-5(2,3)4/h3-4H,1-2H3;2-3H,1H3;2-4H,1H3;;1H4;;(H,2,3,4);(H2,1,2,3,4)/q;;;-1;;+1;;. The van der Waals surface area contributed by atoms with E-state index in [4.69, 9.17) is 44.7 Å². The molecule has 22 nitrogen and oxygen atoms in total. The van der Waals surface area contributed by atoms with E-state index in [9.17, 15) is 56.6 Å². The molecule has 0 atom stereocenters. The summed E-state index contributed by atoms with van der Waals surface area (Å²) in [5.74, 6) is -8.27. The van der Waals surface area contributed by atoms with Crippen molar-refractivity contribution in [3.05, 3.63) is 125 Å². The van der Waals surface area contributed by atoms with Gasteiger partial charge in [-0.25, -0.2) is 31.9 Å². The summed E-state index contributed by atoms with van der Waals surface area (Å²) in [5, 5.41) is 40.8. The van der Waals surface area contributed by atoms with Crippen LogP contribution in [-0.4, -0.2) is 84.0 Å². The second-order valence-electron chi connectivity index (χ2n) is 8.09. The van der Waals surface area contributed by atoms with E-state index in [1.165, 1.54) is 7.11 Å². The number of carbonyl (C=O) groups excluding carboxylic acids is 3. The molecule has 0 aliphatic heterocycles. The molecule has 0 fully saturated rings. The van der Waals surface area contributed by atoms with E-state index in [0.29, 0.717) is 12.1 Å². The summed E-state index contributed by atoms with van der Waals surface area (Å²) in [4.78, 5) is 60.2. The number of rotatable bonds is 6. The Kier molecular flexibility index (Phi) is 31.8. The average molecular weight is 861 g/mol. The predicted molar refractivity (Wildman–Crippen MR) is 168 cm³/mol. The van der Waals surface area contributed by atoms with Gasteiger partial charge < -0.3 is 36.0 Å². The minimum atomic E-state index is -4.67. The van der Waals surface area contributed by atoms with Gasteiger partial charge in [-0.3, -0.25) is 29.3 Å². The molecule has 3 aromatic rings. The van der Waals surface area contributed by atoms with Crippen LogP contribution in [0.15, 0.2) is 42.5 Å². The van der Waals surface area contributed by atoms with E-state index >= 15 is 0 Å². The third kappa shape index (κ3) is 24.0. The molecular weight excluding hydrogens is 834 g/mol. The number of hydrogen-bond donors (Lipinski definition) is 3. The zero-order valence-corrected chi connectivity index (χ0v) is 32.0. The minimum absolute atomic E-state index is 0. The Bertz CT molecular complexity index is 1940. The van der Waals surface area contributed by atoms with Gasteiger partial charge in [0.2, 0.25) is 5.82 Å². The number of nitrogens with zero attached hydrogens (tertiary/aromatic N) is 4. The normalized spacial score (nSPS) is 8.95. The van der Waals surface area contributed by atoms with E-state index in [2.05, 4.69) is 18.9 Å². The molecule has 3 N–H and O–H groups in total. The molecule has 3 aromatic carbocycles. The Morgan fingerprint density at radius 2 is 0.982 bits per heavy atom. The Hall–Kier alpha value is -5.48. The molecular formula is C27H26F5KN4O18S. The predicted octanol–water partition coefficient (Wildman–Crippen LogP) is 1.68. The van der Waals surface area contributed by atoms with Crippen LogP contribution < -0.4 is 56.1 Å². The summed E-state index contributed by atoms with van der Waals surface area (Å²) in [7, 11) is -0.334. The van der Waals surface area contributed by atoms with Gasteiger partial charge in [0.15, 0.2) is 5.75 Å². The van der Waals surface area contributed by atoms with Gasteiger partial charge in [-0.05, 0) is 12.1 Å². The molecule has 0 saturated carbocycles. The van der Waals surface area contributed by atoms with Gasteiger partial charge in [0.05, 0.1) is 43.8 Å². The first-order chi connectivity index (χ1) is 24.9. The van der Waals surface area contributed by atoms with Crippen LogP contribution in [0.5, 0.6) is 5.75 Å². The van der Waals surface area contributed by atoms with Gasteiger partial charge in [-0.2, -0.15) is 12.8 Å². The first-order valence-electron chi connectivity index (χ1n) is 12.5. The van der Waals surface area contributed by atoms with Crippen molar-refractivity contribution in [3.63, 3.8) is 0 Å². The Morgan fingerprint density at radius 3 is 1.30 bits per heavy atom. The molecule has 56 heavy (non-hydrogen) atoms. The quantitative estimate of drug-likeness (QED) is 0.0464. The van der Waals surface area contributed by atoms with Crippen molar-refractivity contribution in [2.45, 2.75) is 7.43 Å². The maximum atomic E-state index is 13.3. The van der Waals surface area contributed by atoms with Gasteiger partial charge in [0.1, 0.15) is 34.4 Å². The van der Waals surface area contributed by atoms with Crippen molar-refractivity contribution in [2.24, 2.45) is 0 Å². The number of esters is 3. The Morgan fingerprint density at radius 1 is 0.661 bits per heavy atom. The molecule has 0 unspecified atom stereocenters. The fraction of sp³-hybridized carbons (Fsp3) is 0.185. The van der Waals surface area contributed by atoms with E-state index < -0.39 is 94.8 Å². The number of nitro groups is 2. The number of benzene rings is 3. The monoisotopic (exact) mass is 860 g/mol. The molecule has 304 valence electrons. The molecule has 3 rings (SSSR count). The molecule has 0 spiro atoms. The summed E-state index contributed by atoms with van der Waals surface area (Å²) >= 11 is 0. The fourth-order valence-electron chi connectivity index (χ4n) is 2.82. The van der Waals surface area contributed by atoms with Gasteiger partial charge >= 0.3 is 91.1 Å². The smallest absolute Gasteiger partial charge is 0.512 e. The fourth-order valence-corrected chi connectivity index (χ4v) is 2.82. The number of methoxy groups -OCH3 is 4. The van der Waals surface area contributed by atoms with Crippen LogP contribution in [0.1, 0.15) is 38.5 Å². The van der Waals surface area contributed by atoms with Crippen LogP contribution in [0.4, 0.5) is 33.3 Å². The van der Waals surface area contributed by atoms with E-state index in [-0.39, 0.29) is 76.2 Å². The molecule has 0 amide bonds. The van der Waals surface area contributed by atoms with Gasteiger partial charge in [-0.15, -0.1) is 10.1 Å². The van der Waals surface area contributed by atoms with E-state index in [1.807, 2.05) is 0 Å². The first-order valence-corrected chi connectivity index (χ1v) is 13.9. The molecule has 0 bridgehead atoms. The van der Waals surface area contributed by atoms with Gasteiger partial charge in [-0.1, -0.05) is 7.43 Å².